The molecule has 4 atom stereocenters. The molecular formula is C13H23N5O7. The second-order valence-corrected chi connectivity index (χ2v) is 5.33. The zero-order valence-electron chi connectivity index (χ0n) is 13.8. The van der Waals surface area contributed by atoms with Crippen LogP contribution < -0.4 is 27.4 Å². The number of aliphatic hydroxyl groups is 1. The molecule has 4 unspecified atom stereocenters. The van der Waals surface area contributed by atoms with Gasteiger partial charge in [0.15, 0.2) is 0 Å². The predicted molar refractivity (Wildman–Crippen MR) is 83.6 cm³/mol. The third-order valence-corrected chi connectivity index (χ3v) is 3.00. The monoisotopic (exact) mass is 361 g/mol. The molecule has 0 aliphatic carbocycles. The highest BCUT2D eigenvalue weighted by Crippen LogP contribution is 1.96. The van der Waals surface area contributed by atoms with Gasteiger partial charge in [-0.3, -0.25) is 24.0 Å². The fraction of sp³-hybridized carbons (Fsp3) is 0.615. The van der Waals surface area contributed by atoms with Gasteiger partial charge in [0.25, 0.3) is 0 Å². The van der Waals surface area contributed by atoms with Gasteiger partial charge in [0.05, 0.1) is 19.1 Å². The van der Waals surface area contributed by atoms with Crippen LogP contribution in [0, 0.1) is 0 Å². The largest absolute Gasteiger partial charge is 0.480 e. The van der Waals surface area contributed by atoms with Gasteiger partial charge < -0.3 is 37.6 Å². The first-order valence-corrected chi connectivity index (χ1v) is 7.28. The first-order valence-electron chi connectivity index (χ1n) is 7.28. The molecule has 0 spiro atoms. The lowest BCUT2D eigenvalue weighted by Gasteiger charge is -2.22. The van der Waals surface area contributed by atoms with Crippen molar-refractivity contribution in [1.29, 1.82) is 0 Å². The fourth-order valence-electron chi connectivity index (χ4n) is 1.56. The van der Waals surface area contributed by atoms with E-state index in [2.05, 4.69) is 16.0 Å². The van der Waals surface area contributed by atoms with Crippen molar-refractivity contribution in [2.24, 2.45) is 11.5 Å². The minimum Gasteiger partial charge on any atom is -0.480 e. The van der Waals surface area contributed by atoms with E-state index in [0.29, 0.717) is 0 Å². The molecule has 0 fully saturated rings. The van der Waals surface area contributed by atoms with Crippen molar-refractivity contribution >= 4 is 29.6 Å². The second kappa shape index (κ2) is 10.2. The SMILES string of the molecule is CC(N)C(=O)NC(CC(N)=O)C(=O)NC(CO)C(=O)NC(C)C(=O)O. The molecule has 0 aromatic heterocycles. The van der Waals surface area contributed by atoms with Gasteiger partial charge in [0.1, 0.15) is 18.1 Å². The minimum atomic E-state index is -1.49. The summed E-state index contributed by atoms with van der Waals surface area (Å²) in [6.45, 7) is 1.70. The molecule has 142 valence electrons. The average molecular weight is 361 g/mol. The average Bonchev–Trinajstić information content (AvgIpc) is 2.50. The molecule has 9 N–H and O–H groups in total. The van der Waals surface area contributed by atoms with Crippen LogP contribution in [0.5, 0.6) is 0 Å². The van der Waals surface area contributed by atoms with E-state index < -0.39 is 66.8 Å². The van der Waals surface area contributed by atoms with Crippen LogP contribution in [-0.4, -0.2) is 70.6 Å². The third kappa shape index (κ3) is 8.08. The maximum Gasteiger partial charge on any atom is 0.325 e. The summed E-state index contributed by atoms with van der Waals surface area (Å²) in [7, 11) is 0. The molecule has 12 heteroatoms. The number of carbonyl (C=O) groups is 5. The lowest BCUT2D eigenvalue weighted by molar-refractivity contribution is -0.142. The van der Waals surface area contributed by atoms with Crippen molar-refractivity contribution in [2.75, 3.05) is 6.61 Å². The first-order chi connectivity index (χ1) is 11.5. The Bertz CT molecular complexity index is 537. The molecule has 0 heterocycles. The number of nitrogens with one attached hydrogen (secondary N) is 3. The number of aliphatic carboxylic acids is 1. The lowest BCUT2D eigenvalue weighted by atomic mass is 10.1. The molecule has 0 aliphatic rings. The van der Waals surface area contributed by atoms with Crippen molar-refractivity contribution in [1.82, 2.24) is 16.0 Å². The number of carboxylic acid groups (broad SMARTS) is 1. The maximum atomic E-state index is 12.1. The van der Waals surface area contributed by atoms with Crippen LogP contribution in [0.15, 0.2) is 0 Å². The summed E-state index contributed by atoms with van der Waals surface area (Å²) in [6, 6.07) is -5.11. The van der Waals surface area contributed by atoms with E-state index >= 15 is 0 Å². The smallest absolute Gasteiger partial charge is 0.325 e. The minimum absolute atomic E-state index is 0.560. The molecule has 4 amide bonds. The summed E-state index contributed by atoms with van der Waals surface area (Å²) >= 11 is 0. The van der Waals surface area contributed by atoms with Gasteiger partial charge in [-0.05, 0) is 13.8 Å². The molecule has 0 aliphatic heterocycles. The lowest BCUT2D eigenvalue weighted by Crippen LogP contribution is -2.58. The quantitative estimate of drug-likeness (QED) is 0.202. The Labute approximate surface area is 143 Å². The highest BCUT2D eigenvalue weighted by molar-refractivity contribution is 5.96. The standard InChI is InChI=1S/C13H23N5O7/c1-5(14)10(21)17-7(3-9(15)20)11(22)18-8(4-19)12(23)16-6(2)13(24)25/h5-8,19H,3-4,14H2,1-2H3,(H2,15,20)(H,16,23)(H,17,21)(H,18,22)(H,24,25). The molecule has 12 nitrogen and oxygen atoms in total. The summed E-state index contributed by atoms with van der Waals surface area (Å²) in [4.78, 5) is 57.3. The molecule has 0 aromatic rings. The van der Waals surface area contributed by atoms with E-state index in [4.69, 9.17) is 16.6 Å². The number of rotatable bonds is 10. The van der Waals surface area contributed by atoms with E-state index in [1.54, 1.807) is 0 Å². The van der Waals surface area contributed by atoms with Crippen LogP contribution in [0.4, 0.5) is 0 Å². The van der Waals surface area contributed by atoms with Gasteiger partial charge in [0, 0.05) is 0 Å². The predicted octanol–water partition coefficient (Wildman–Crippen LogP) is -4.24. The van der Waals surface area contributed by atoms with Gasteiger partial charge >= 0.3 is 5.97 Å². The van der Waals surface area contributed by atoms with E-state index in [0.717, 1.165) is 0 Å². The summed E-state index contributed by atoms with van der Waals surface area (Å²) in [5, 5.41) is 24.3. The third-order valence-electron chi connectivity index (χ3n) is 3.00. The van der Waals surface area contributed by atoms with Crippen LogP contribution in [0.2, 0.25) is 0 Å². The molecule has 0 aromatic carbocycles. The Kier molecular flexibility index (Phi) is 9.09. The van der Waals surface area contributed by atoms with Gasteiger partial charge in [-0.1, -0.05) is 0 Å². The van der Waals surface area contributed by atoms with Gasteiger partial charge in [-0.15, -0.1) is 0 Å². The summed E-state index contributed by atoms with van der Waals surface area (Å²) in [5.41, 5.74) is 10.4. The molecule has 0 saturated carbocycles. The highest BCUT2D eigenvalue weighted by atomic mass is 16.4. The van der Waals surface area contributed by atoms with Crippen molar-refractivity contribution in [3.05, 3.63) is 0 Å². The van der Waals surface area contributed by atoms with Crippen molar-refractivity contribution < 1.29 is 34.2 Å². The maximum absolute atomic E-state index is 12.1. The van der Waals surface area contributed by atoms with Crippen LogP contribution in [0.25, 0.3) is 0 Å². The molecule has 0 radical (unpaired) electrons. The van der Waals surface area contributed by atoms with Crippen molar-refractivity contribution in [3.8, 4) is 0 Å². The van der Waals surface area contributed by atoms with E-state index in [1.165, 1.54) is 13.8 Å². The normalized spacial score (nSPS) is 15.2. The van der Waals surface area contributed by atoms with E-state index in [1.807, 2.05) is 0 Å². The number of nitrogens with two attached hydrogens (primary N) is 2. The van der Waals surface area contributed by atoms with Crippen LogP contribution in [0.1, 0.15) is 20.3 Å². The van der Waals surface area contributed by atoms with Crippen LogP contribution >= 0.6 is 0 Å². The molecule has 0 saturated heterocycles. The first kappa shape index (κ1) is 22.3. The number of primary amides is 1. The topological polar surface area (TPSA) is 214 Å². The van der Waals surface area contributed by atoms with Crippen molar-refractivity contribution in [3.63, 3.8) is 0 Å². The fourth-order valence-corrected chi connectivity index (χ4v) is 1.56. The number of carbonyl (C=O) groups excluding carboxylic acids is 4. The number of hydrogen-bond donors (Lipinski definition) is 7. The van der Waals surface area contributed by atoms with Crippen LogP contribution in [-0.2, 0) is 24.0 Å². The molecule has 0 rings (SSSR count). The van der Waals surface area contributed by atoms with E-state index in [9.17, 15) is 29.1 Å². The molecular weight excluding hydrogens is 338 g/mol. The summed E-state index contributed by atoms with van der Waals surface area (Å²) in [6.07, 6.45) is -0.560. The molecule has 25 heavy (non-hydrogen) atoms. The Morgan fingerprint density at radius 3 is 1.80 bits per heavy atom. The second-order valence-electron chi connectivity index (χ2n) is 5.33. The molecule has 0 bridgehead atoms. The van der Waals surface area contributed by atoms with Gasteiger partial charge in [-0.25, -0.2) is 0 Å². The number of carboxylic acids is 1. The Morgan fingerprint density at radius 1 is 0.920 bits per heavy atom. The Balaban J connectivity index is 5.03. The summed E-state index contributed by atoms with van der Waals surface area (Å²) in [5.74, 6) is -4.86. The zero-order valence-corrected chi connectivity index (χ0v) is 13.8. The van der Waals surface area contributed by atoms with Gasteiger partial charge in [0.2, 0.25) is 23.6 Å². The Morgan fingerprint density at radius 2 is 1.40 bits per heavy atom. The number of aliphatic hydroxyl groups excluding tert-OH is 1. The van der Waals surface area contributed by atoms with E-state index in [-0.39, 0.29) is 0 Å². The van der Waals surface area contributed by atoms with Crippen molar-refractivity contribution in [2.45, 2.75) is 44.4 Å². The summed E-state index contributed by atoms with van der Waals surface area (Å²) < 4.78 is 0. The highest BCUT2D eigenvalue weighted by Gasteiger charge is 2.29. The Hall–Kier alpha value is -2.73. The van der Waals surface area contributed by atoms with Crippen LogP contribution in [0.3, 0.4) is 0 Å². The number of hydrogen-bond acceptors (Lipinski definition) is 7. The van der Waals surface area contributed by atoms with Gasteiger partial charge in [-0.2, -0.15) is 0 Å². The number of amides is 4. The zero-order chi connectivity index (χ0) is 19.7.